The van der Waals surface area contributed by atoms with E-state index in [9.17, 15) is 9.59 Å². The predicted octanol–water partition coefficient (Wildman–Crippen LogP) is -1.01. The zero-order chi connectivity index (χ0) is 12.1. The Hall–Kier alpha value is -0.790. The van der Waals surface area contributed by atoms with Crippen LogP contribution < -0.4 is 11.1 Å². The van der Waals surface area contributed by atoms with Crippen LogP contribution in [0.5, 0.6) is 0 Å². The van der Waals surface area contributed by atoms with E-state index in [4.69, 9.17) is 15.6 Å². The van der Waals surface area contributed by atoms with E-state index in [0.29, 0.717) is 18.7 Å². The van der Waals surface area contributed by atoms with E-state index in [2.05, 4.69) is 17.9 Å². The molecule has 1 unspecified atom stereocenters. The van der Waals surface area contributed by atoms with Gasteiger partial charge < -0.3 is 20.9 Å². The first-order chi connectivity index (χ1) is 7.54. The lowest BCUT2D eigenvalue weighted by atomic mass is 10.2. The van der Waals surface area contributed by atoms with E-state index in [1.165, 1.54) is 0 Å². The van der Waals surface area contributed by atoms with E-state index in [1.807, 2.05) is 0 Å². The lowest BCUT2D eigenvalue weighted by Gasteiger charge is -2.14. The molecule has 3 atom stereocenters. The fraction of sp³-hybridized carbons (Fsp3) is 0.778. The number of carboxylic acid groups (broad SMARTS) is 1. The molecule has 16 heavy (non-hydrogen) atoms. The minimum Gasteiger partial charge on any atom is -0.480 e. The molecule has 4 N–H and O–H groups in total. The predicted molar refractivity (Wildman–Crippen MR) is 60.4 cm³/mol. The van der Waals surface area contributed by atoms with E-state index >= 15 is 0 Å². The number of aliphatic carboxylic acids is 1. The Bertz CT molecular complexity index is 274. The van der Waals surface area contributed by atoms with Gasteiger partial charge in [-0.2, -0.15) is 12.6 Å². The molecule has 0 aromatic rings. The molecule has 0 aromatic heterocycles. The van der Waals surface area contributed by atoms with Gasteiger partial charge in [-0.3, -0.25) is 9.59 Å². The number of hydrogen-bond acceptors (Lipinski definition) is 6. The normalized spacial score (nSPS) is 26.4. The first kappa shape index (κ1) is 13.3. The number of nitrogens with one attached hydrogen (secondary N) is 1. The Kier molecular flexibility index (Phi) is 5.04. The molecule has 0 amide bonds. The number of nitrogens with two attached hydrogens (primary N) is 1. The summed E-state index contributed by atoms with van der Waals surface area (Å²) >= 11 is 3.97. The van der Waals surface area contributed by atoms with Crippen LogP contribution in [0, 0.1) is 0 Å². The highest BCUT2D eigenvalue weighted by Gasteiger charge is 2.32. The van der Waals surface area contributed by atoms with Gasteiger partial charge in [-0.15, -0.1) is 0 Å². The van der Waals surface area contributed by atoms with E-state index in [1.54, 1.807) is 0 Å². The van der Waals surface area contributed by atoms with Crippen LogP contribution in [0.3, 0.4) is 0 Å². The minimum absolute atomic E-state index is 0.286. The summed E-state index contributed by atoms with van der Waals surface area (Å²) < 4.78 is 5.08. The second-order valence-corrected chi connectivity index (χ2v) is 4.16. The van der Waals surface area contributed by atoms with Crippen LogP contribution in [0.2, 0.25) is 0 Å². The standard InChI is InChI=1S/C9H16N2O4S/c10-6(1-2-16)9(14)15-5-3-7(8(12)13)11-4-5/h5-7,11,16H,1-4,10H2,(H,12,13)/t5?,6-,7-/m0/s1. The Morgan fingerprint density at radius 3 is 2.81 bits per heavy atom. The van der Waals surface area contributed by atoms with Gasteiger partial charge in [-0.1, -0.05) is 0 Å². The number of rotatable bonds is 5. The van der Waals surface area contributed by atoms with E-state index in [-0.39, 0.29) is 6.42 Å². The van der Waals surface area contributed by atoms with Gasteiger partial charge in [0.25, 0.3) is 0 Å². The third-order valence-corrected chi connectivity index (χ3v) is 2.67. The van der Waals surface area contributed by atoms with Crippen LogP contribution in [0.4, 0.5) is 0 Å². The Morgan fingerprint density at radius 1 is 1.62 bits per heavy atom. The van der Waals surface area contributed by atoms with Crippen molar-refractivity contribution < 1.29 is 19.4 Å². The molecule has 92 valence electrons. The highest BCUT2D eigenvalue weighted by Crippen LogP contribution is 2.11. The van der Waals surface area contributed by atoms with Crippen LogP contribution in [0.25, 0.3) is 0 Å². The van der Waals surface area contributed by atoms with Crippen LogP contribution in [-0.4, -0.2) is 47.5 Å². The second kappa shape index (κ2) is 6.07. The monoisotopic (exact) mass is 248 g/mol. The third kappa shape index (κ3) is 3.66. The molecule has 0 aromatic carbocycles. The maximum Gasteiger partial charge on any atom is 0.323 e. The van der Waals surface area contributed by atoms with E-state index < -0.39 is 30.1 Å². The minimum atomic E-state index is -0.932. The molecule has 6 nitrogen and oxygen atoms in total. The lowest BCUT2D eigenvalue weighted by Crippen LogP contribution is -2.35. The van der Waals surface area contributed by atoms with Gasteiger partial charge in [0.05, 0.1) is 0 Å². The molecule has 0 aliphatic carbocycles. The molecule has 1 rings (SSSR count). The van der Waals surface area contributed by atoms with Gasteiger partial charge in [0, 0.05) is 13.0 Å². The van der Waals surface area contributed by atoms with E-state index in [0.717, 1.165) is 0 Å². The average Bonchev–Trinajstić information content (AvgIpc) is 2.66. The summed E-state index contributed by atoms with van der Waals surface area (Å²) in [6.45, 7) is 0.357. The molecule has 1 aliphatic rings. The third-order valence-electron chi connectivity index (χ3n) is 2.41. The number of esters is 1. The molecule has 0 radical (unpaired) electrons. The van der Waals surface area contributed by atoms with Gasteiger partial charge in [-0.05, 0) is 12.2 Å². The number of ether oxygens (including phenoxy) is 1. The van der Waals surface area contributed by atoms with Crippen molar-refractivity contribution in [3.63, 3.8) is 0 Å². The van der Waals surface area contributed by atoms with Gasteiger partial charge in [0.15, 0.2) is 0 Å². The fourth-order valence-corrected chi connectivity index (χ4v) is 1.77. The quantitative estimate of drug-likeness (QED) is 0.367. The average molecular weight is 248 g/mol. The summed E-state index contributed by atoms with van der Waals surface area (Å²) in [4.78, 5) is 22.0. The molecule has 1 heterocycles. The molecule has 0 saturated carbocycles. The molecular formula is C9H16N2O4S. The van der Waals surface area contributed by atoms with Crippen molar-refractivity contribution in [1.82, 2.24) is 5.32 Å². The molecule has 1 saturated heterocycles. The van der Waals surface area contributed by atoms with Crippen molar-refractivity contribution in [3.05, 3.63) is 0 Å². The Balaban J connectivity index is 2.33. The van der Waals surface area contributed by atoms with Crippen molar-refractivity contribution in [2.24, 2.45) is 5.73 Å². The molecular weight excluding hydrogens is 232 g/mol. The zero-order valence-corrected chi connectivity index (χ0v) is 9.65. The van der Waals surface area contributed by atoms with Gasteiger partial charge in [0.1, 0.15) is 18.2 Å². The van der Waals surface area contributed by atoms with Crippen LogP contribution in [0.15, 0.2) is 0 Å². The molecule has 7 heteroatoms. The largest absolute Gasteiger partial charge is 0.480 e. The van der Waals surface area contributed by atoms with Crippen molar-refractivity contribution in [1.29, 1.82) is 0 Å². The molecule has 0 bridgehead atoms. The highest BCUT2D eigenvalue weighted by atomic mass is 32.1. The number of carbonyl (C=O) groups is 2. The summed E-state index contributed by atoms with van der Waals surface area (Å²) in [5.41, 5.74) is 5.54. The Labute approximate surface area is 98.9 Å². The second-order valence-electron chi connectivity index (χ2n) is 3.71. The summed E-state index contributed by atoms with van der Waals surface area (Å²) in [6, 6.07) is -1.32. The fourth-order valence-electron chi connectivity index (χ4n) is 1.49. The van der Waals surface area contributed by atoms with Crippen molar-refractivity contribution >= 4 is 24.6 Å². The summed E-state index contributed by atoms with van der Waals surface area (Å²) in [7, 11) is 0. The highest BCUT2D eigenvalue weighted by molar-refractivity contribution is 7.80. The molecule has 1 fully saturated rings. The molecule has 0 spiro atoms. The lowest BCUT2D eigenvalue weighted by molar-refractivity contribution is -0.150. The van der Waals surface area contributed by atoms with Gasteiger partial charge >= 0.3 is 11.9 Å². The van der Waals surface area contributed by atoms with Crippen molar-refractivity contribution in [2.45, 2.75) is 31.0 Å². The Morgan fingerprint density at radius 2 is 2.31 bits per heavy atom. The SMILES string of the molecule is N[C@@H](CCS)C(=O)OC1CN[C@H](C(=O)O)C1. The van der Waals surface area contributed by atoms with Gasteiger partial charge in [-0.25, -0.2) is 0 Å². The summed E-state index contributed by atoms with van der Waals surface area (Å²) in [5.74, 6) is -0.915. The number of thiol groups is 1. The summed E-state index contributed by atoms with van der Waals surface area (Å²) in [5, 5.41) is 11.5. The summed E-state index contributed by atoms with van der Waals surface area (Å²) in [6.07, 6.45) is 0.332. The number of hydrogen-bond donors (Lipinski definition) is 4. The van der Waals surface area contributed by atoms with Crippen LogP contribution >= 0.6 is 12.6 Å². The number of carboxylic acids is 1. The first-order valence-electron chi connectivity index (χ1n) is 5.07. The van der Waals surface area contributed by atoms with Crippen molar-refractivity contribution in [2.75, 3.05) is 12.3 Å². The van der Waals surface area contributed by atoms with Crippen molar-refractivity contribution in [3.8, 4) is 0 Å². The zero-order valence-electron chi connectivity index (χ0n) is 8.76. The maximum atomic E-state index is 11.4. The number of carbonyl (C=O) groups excluding carboxylic acids is 1. The molecule has 1 aliphatic heterocycles. The smallest absolute Gasteiger partial charge is 0.323 e. The maximum absolute atomic E-state index is 11.4. The van der Waals surface area contributed by atoms with Crippen LogP contribution in [-0.2, 0) is 14.3 Å². The van der Waals surface area contributed by atoms with Crippen LogP contribution in [0.1, 0.15) is 12.8 Å². The van der Waals surface area contributed by atoms with Gasteiger partial charge in [0.2, 0.25) is 0 Å². The first-order valence-corrected chi connectivity index (χ1v) is 5.71. The topological polar surface area (TPSA) is 102 Å².